The Hall–Kier alpha value is -2.86. The second kappa shape index (κ2) is 10.5. The standard InChI is InChI=1S/C22H28N2O4/c1-5-21(25)24-19-11-9-18(10-12-19)15(2)23-22(26)16(3)28-14-17-7-6-8-20(13-17)27-4/h6-13,15-16H,5,14H2,1-4H3,(H,23,26)(H,24,25). The Morgan fingerprint density at radius 3 is 2.43 bits per heavy atom. The van der Waals surface area contributed by atoms with Gasteiger partial charge in [0.1, 0.15) is 11.9 Å². The molecule has 0 radical (unpaired) electrons. The first-order valence-electron chi connectivity index (χ1n) is 9.37. The minimum absolute atomic E-state index is 0.0314. The molecule has 2 atom stereocenters. The van der Waals surface area contributed by atoms with E-state index in [1.54, 1.807) is 21.0 Å². The van der Waals surface area contributed by atoms with Crippen LogP contribution in [0.5, 0.6) is 5.75 Å². The first-order chi connectivity index (χ1) is 13.4. The Morgan fingerprint density at radius 1 is 1.07 bits per heavy atom. The van der Waals surface area contributed by atoms with Crippen molar-refractivity contribution in [3.05, 3.63) is 59.7 Å². The van der Waals surface area contributed by atoms with Crippen molar-refractivity contribution >= 4 is 17.5 Å². The molecule has 0 aliphatic heterocycles. The van der Waals surface area contributed by atoms with Gasteiger partial charge in [0.2, 0.25) is 11.8 Å². The molecule has 6 heteroatoms. The summed E-state index contributed by atoms with van der Waals surface area (Å²) < 4.78 is 10.9. The maximum atomic E-state index is 12.4. The minimum atomic E-state index is -0.586. The highest BCUT2D eigenvalue weighted by Gasteiger charge is 2.17. The molecular weight excluding hydrogens is 356 g/mol. The van der Waals surface area contributed by atoms with Crippen molar-refractivity contribution in [2.45, 2.75) is 45.9 Å². The van der Waals surface area contributed by atoms with Crippen molar-refractivity contribution < 1.29 is 19.1 Å². The number of amides is 2. The van der Waals surface area contributed by atoms with E-state index in [1.165, 1.54) is 0 Å². The number of carbonyl (C=O) groups excluding carboxylic acids is 2. The number of carbonyl (C=O) groups is 2. The van der Waals surface area contributed by atoms with E-state index in [9.17, 15) is 9.59 Å². The maximum absolute atomic E-state index is 12.4. The highest BCUT2D eigenvalue weighted by molar-refractivity contribution is 5.90. The molecule has 2 N–H and O–H groups in total. The molecule has 0 fully saturated rings. The fourth-order valence-electron chi connectivity index (χ4n) is 2.58. The summed E-state index contributed by atoms with van der Waals surface area (Å²) in [6.07, 6.45) is -0.154. The molecule has 0 saturated carbocycles. The molecule has 2 amide bonds. The third-order valence-corrected chi connectivity index (χ3v) is 4.38. The van der Waals surface area contributed by atoms with Gasteiger partial charge in [0.15, 0.2) is 0 Å². The van der Waals surface area contributed by atoms with Crippen molar-refractivity contribution in [2.24, 2.45) is 0 Å². The predicted octanol–water partition coefficient (Wildman–Crippen LogP) is 3.83. The number of methoxy groups -OCH3 is 1. The summed E-state index contributed by atoms with van der Waals surface area (Å²) in [5.41, 5.74) is 2.63. The number of nitrogens with one attached hydrogen (secondary N) is 2. The van der Waals surface area contributed by atoms with E-state index < -0.39 is 6.10 Å². The van der Waals surface area contributed by atoms with Gasteiger partial charge in [-0.2, -0.15) is 0 Å². The lowest BCUT2D eigenvalue weighted by Gasteiger charge is -2.19. The molecule has 2 aromatic rings. The molecule has 0 spiro atoms. The Morgan fingerprint density at radius 2 is 1.79 bits per heavy atom. The zero-order valence-electron chi connectivity index (χ0n) is 16.8. The lowest BCUT2D eigenvalue weighted by Crippen LogP contribution is -2.36. The highest BCUT2D eigenvalue weighted by Crippen LogP contribution is 2.17. The zero-order valence-corrected chi connectivity index (χ0v) is 16.8. The van der Waals surface area contributed by atoms with Crippen LogP contribution in [0.25, 0.3) is 0 Å². The summed E-state index contributed by atoms with van der Waals surface area (Å²) in [6.45, 7) is 5.77. The van der Waals surface area contributed by atoms with Gasteiger partial charge >= 0.3 is 0 Å². The molecule has 0 aromatic heterocycles. The van der Waals surface area contributed by atoms with Gasteiger partial charge < -0.3 is 20.1 Å². The molecule has 28 heavy (non-hydrogen) atoms. The van der Waals surface area contributed by atoms with Crippen LogP contribution < -0.4 is 15.4 Å². The van der Waals surface area contributed by atoms with E-state index in [-0.39, 0.29) is 17.9 Å². The van der Waals surface area contributed by atoms with Gasteiger partial charge in [0.25, 0.3) is 0 Å². The van der Waals surface area contributed by atoms with Crippen molar-refractivity contribution in [3.8, 4) is 5.75 Å². The summed E-state index contributed by atoms with van der Waals surface area (Å²) in [4.78, 5) is 23.8. The van der Waals surface area contributed by atoms with E-state index in [2.05, 4.69) is 10.6 Å². The van der Waals surface area contributed by atoms with Gasteiger partial charge in [0, 0.05) is 12.1 Å². The second-order valence-corrected chi connectivity index (χ2v) is 6.56. The van der Waals surface area contributed by atoms with E-state index >= 15 is 0 Å². The molecule has 0 heterocycles. The zero-order chi connectivity index (χ0) is 20.5. The molecule has 0 saturated heterocycles. The van der Waals surface area contributed by atoms with Crippen LogP contribution in [0.3, 0.4) is 0 Å². The first kappa shape index (κ1) is 21.4. The van der Waals surface area contributed by atoms with E-state index in [1.807, 2.05) is 55.5 Å². The Kier molecular flexibility index (Phi) is 8.02. The fourth-order valence-corrected chi connectivity index (χ4v) is 2.58. The van der Waals surface area contributed by atoms with Gasteiger partial charge in [-0.15, -0.1) is 0 Å². The van der Waals surface area contributed by atoms with Crippen LogP contribution in [0.15, 0.2) is 48.5 Å². The van der Waals surface area contributed by atoms with Gasteiger partial charge in [0.05, 0.1) is 19.8 Å². The number of hydrogen-bond acceptors (Lipinski definition) is 4. The van der Waals surface area contributed by atoms with E-state index in [0.717, 1.165) is 22.6 Å². The summed E-state index contributed by atoms with van der Waals surface area (Å²) in [6, 6.07) is 14.8. The monoisotopic (exact) mass is 384 g/mol. The molecule has 2 rings (SSSR count). The normalized spacial score (nSPS) is 12.7. The fraction of sp³-hybridized carbons (Fsp3) is 0.364. The Bertz CT molecular complexity index is 789. The van der Waals surface area contributed by atoms with Crippen LogP contribution in [-0.4, -0.2) is 25.0 Å². The third-order valence-electron chi connectivity index (χ3n) is 4.38. The lowest BCUT2D eigenvalue weighted by molar-refractivity contribution is -0.133. The largest absolute Gasteiger partial charge is 0.497 e. The van der Waals surface area contributed by atoms with Crippen LogP contribution in [0, 0.1) is 0 Å². The second-order valence-electron chi connectivity index (χ2n) is 6.56. The van der Waals surface area contributed by atoms with Crippen LogP contribution >= 0.6 is 0 Å². The predicted molar refractivity (Wildman–Crippen MR) is 109 cm³/mol. The quantitative estimate of drug-likeness (QED) is 0.689. The maximum Gasteiger partial charge on any atom is 0.249 e. The first-order valence-corrected chi connectivity index (χ1v) is 9.37. The average Bonchev–Trinajstić information content (AvgIpc) is 2.72. The summed E-state index contributed by atoms with van der Waals surface area (Å²) >= 11 is 0. The van der Waals surface area contributed by atoms with Crippen LogP contribution in [0.2, 0.25) is 0 Å². The van der Waals surface area contributed by atoms with Crippen molar-refractivity contribution in [1.82, 2.24) is 5.32 Å². The topological polar surface area (TPSA) is 76.7 Å². The number of rotatable bonds is 9. The van der Waals surface area contributed by atoms with Crippen molar-refractivity contribution in [1.29, 1.82) is 0 Å². The molecule has 2 unspecified atom stereocenters. The number of ether oxygens (including phenoxy) is 2. The van der Waals surface area contributed by atoms with Crippen LogP contribution in [0.4, 0.5) is 5.69 Å². The Labute approximate surface area is 166 Å². The molecule has 0 bridgehead atoms. The number of hydrogen-bond donors (Lipinski definition) is 2. The molecule has 2 aromatic carbocycles. The van der Waals surface area contributed by atoms with Crippen LogP contribution in [0.1, 0.15) is 44.4 Å². The SMILES string of the molecule is CCC(=O)Nc1ccc(C(C)NC(=O)C(C)OCc2cccc(OC)c2)cc1. The minimum Gasteiger partial charge on any atom is -0.497 e. The molecule has 6 nitrogen and oxygen atoms in total. The summed E-state index contributed by atoms with van der Waals surface area (Å²) in [5, 5.41) is 5.75. The van der Waals surface area contributed by atoms with Crippen molar-refractivity contribution in [3.63, 3.8) is 0 Å². The molecular formula is C22H28N2O4. The van der Waals surface area contributed by atoms with Gasteiger partial charge in [-0.25, -0.2) is 0 Å². The molecule has 150 valence electrons. The Balaban J connectivity index is 1.85. The van der Waals surface area contributed by atoms with Gasteiger partial charge in [-0.05, 0) is 49.2 Å². The molecule has 0 aliphatic carbocycles. The van der Waals surface area contributed by atoms with Gasteiger partial charge in [-0.3, -0.25) is 9.59 Å². The van der Waals surface area contributed by atoms with Crippen LogP contribution in [-0.2, 0) is 20.9 Å². The smallest absolute Gasteiger partial charge is 0.249 e. The van der Waals surface area contributed by atoms with Gasteiger partial charge in [-0.1, -0.05) is 31.2 Å². The van der Waals surface area contributed by atoms with Crippen molar-refractivity contribution in [2.75, 3.05) is 12.4 Å². The summed E-state index contributed by atoms with van der Waals surface area (Å²) in [5.74, 6) is 0.542. The lowest BCUT2D eigenvalue weighted by atomic mass is 10.1. The number of anilines is 1. The average molecular weight is 384 g/mol. The van der Waals surface area contributed by atoms with E-state index in [4.69, 9.17) is 9.47 Å². The molecule has 0 aliphatic rings. The van der Waals surface area contributed by atoms with E-state index in [0.29, 0.717) is 13.0 Å². The summed E-state index contributed by atoms with van der Waals surface area (Å²) in [7, 11) is 1.61. The number of benzene rings is 2. The highest BCUT2D eigenvalue weighted by atomic mass is 16.5. The third kappa shape index (κ3) is 6.39.